The molecule has 0 spiro atoms. The zero-order chi connectivity index (χ0) is 31.3. The van der Waals surface area contributed by atoms with Crippen LogP contribution < -0.4 is 10.6 Å². The smallest absolute Gasteiger partial charge is 0.261 e. The minimum atomic E-state index is -0.553. The molecule has 6 heterocycles. The number of hydrogen-bond acceptors (Lipinski definition) is 12. The third-order valence-corrected chi connectivity index (χ3v) is 8.59. The van der Waals surface area contributed by atoms with Crippen molar-refractivity contribution >= 4 is 102 Å². The van der Waals surface area contributed by atoms with Gasteiger partial charge in [-0.05, 0) is 36.4 Å². The van der Waals surface area contributed by atoms with E-state index in [1.807, 2.05) is 0 Å². The van der Waals surface area contributed by atoms with Crippen molar-refractivity contribution in [3.05, 3.63) is 69.8 Å². The maximum absolute atomic E-state index is 12.7. The van der Waals surface area contributed by atoms with Crippen LogP contribution in [-0.4, -0.2) is 77.3 Å². The summed E-state index contributed by atoms with van der Waals surface area (Å²) in [7, 11) is 1.39. The van der Waals surface area contributed by atoms with Crippen molar-refractivity contribution in [1.82, 2.24) is 45.4 Å². The molecule has 3 aliphatic heterocycles. The maximum atomic E-state index is 12.7. The highest BCUT2D eigenvalue weighted by molar-refractivity contribution is 6.26. The summed E-state index contributed by atoms with van der Waals surface area (Å²) in [6.07, 6.45) is 0. The molecular formula is C31H11N9O6. The quantitative estimate of drug-likeness (QED) is 0.145. The summed E-state index contributed by atoms with van der Waals surface area (Å²) in [6, 6.07) is 8.89. The number of aromatic nitrogens is 6. The second-order valence-corrected chi connectivity index (χ2v) is 11.2. The molecule has 0 radical (unpaired) electrons. The van der Waals surface area contributed by atoms with Crippen LogP contribution in [0.4, 0.5) is 0 Å². The second kappa shape index (κ2) is 7.78. The van der Waals surface area contributed by atoms with E-state index in [1.54, 1.807) is 0 Å². The summed E-state index contributed by atoms with van der Waals surface area (Å²) in [5.74, 6) is -3.14. The lowest BCUT2D eigenvalue weighted by Crippen LogP contribution is -2.24. The number of carbonyl (C=O) groups excluding carboxylic acids is 6. The van der Waals surface area contributed by atoms with E-state index < -0.39 is 35.4 Å². The van der Waals surface area contributed by atoms with Crippen molar-refractivity contribution in [1.29, 1.82) is 0 Å². The molecule has 0 fully saturated rings. The lowest BCUT2D eigenvalue weighted by atomic mass is 10.1. The third-order valence-electron chi connectivity index (χ3n) is 8.59. The molecule has 216 valence electrons. The van der Waals surface area contributed by atoms with Gasteiger partial charge in [0.05, 0.1) is 66.5 Å². The predicted molar refractivity (Wildman–Crippen MR) is 158 cm³/mol. The van der Waals surface area contributed by atoms with E-state index in [0.29, 0.717) is 33.1 Å². The minimum absolute atomic E-state index is 0.155. The summed E-state index contributed by atoms with van der Waals surface area (Å²) in [6.45, 7) is 0. The lowest BCUT2D eigenvalue weighted by molar-refractivity contribution is 0.0690. The Bertz CT molecular complexity index is 2660. The van der Waals surface area contributed by atoms with E-state index in [0.717, 1.165) is 4.90 Å². The zero-order valence-corrected chi connectivity index (χ0v) is 23.0. The van der Waals surface area contributed by atoms with Gasteiger partial charge in [0, 0.05) is 7.05 Å². The molecule has 3 aromatic heterocycles. The molecular weight excluding hydrogens is 594 g/mol. The monoisotopic (exact) mass is 605 g/mol. The zero-order valence-electron chi connectivity index (χ0n) is 23.0. The summed E-state index contributed by atoms with van der Waals surface area (Å²) >= 11 is 0. The molecule has 3 aliphatic rings. The molecule has 10 rings (SSSR count). The van der Waals surface area contributed by atoms with Gasteiger partial charge in [0.1, 0.15) is 33.1 Å². The number of amides is 6. The summed E-state index contributed by atoms with van der Waals surface area (Å²) in [4.78, 5) is 105. The highest BCUT2D eigenvalue weighted by Gasteiger charge is 2.34. The average molecular weight is 605 g/mol. The highest BCUT2D eigenvalue weighted by Crippen LogP contribution is 2.35. The van der Waals surface area contributed by atoms with E-state index in [9.17, 15) is 28.8 Å². The average Bonchev–Trinajstić information content (AvgIpc) is 3.57. The van der Waals surface area contributed by atoms with Gasteiger partial charge >= 0.3 is 0 Å². The van der Waals surface area contributed by atoms with Gasteiger partial charge in [-0.25, -0.2) is 29.9 Å². The van der Waals surface area contributed by atoms with E-state index in [2.05, 4.69) is 10.6 Å². The van der Waals surface area contributed by atoms with Crippen LogP contribution in [0, 0.1) is 0 Å². The Balaban J connectivity index is 1.38. The lowest BCUT2D eigenvalue weighted by Gasteiger charge is -2.11. The Morgan fingerprint density at radius 2 is 0.609 bits per heavy atom. The molecule has 2 N–H and O–H groups in total. The van der Waals surface area contributed by atoms with Gasteiger partial charge in [-0.15, -0.1) is 0 Å². The molecule has 0 saturated heterocycles. The van der Waals surface area contributed by atoms with Gasteiger partial charge in [0.25, 0.3) is 35.4 Å². The number of hydrogen-bond donors (Lipinski definition) is 2. The van der Waals surface area contributed by atoms with Crippen LogP contribution in [0.3, 0.4) is 0 Å². The predicted octanol–water partition coefficient (Wildman–Crippen LogP) is 1.97. The van der Waals surface area contributed by atoms with Crippen LogP contribution in [0.5, 0.6) is 0 Å². The number of carbonyl (C=O) groups is 6. The van der Waals surface area contributed by atoms with Gasteiger partial charge in [0.2, 0.25) is 0 Å². The molecule has 15 heteroatoms. The number of rotatable bonds is 0. The van der Waals surface area contributed by atoms with E-state index in [4.69, 9.17) is 29.9 Å². The van der Waals surface area contributed by atoms with E-state index in [-0.39, 0.29) is 66.5 Å². The summed E-state index contributed by atoms with van der Waals surface area (Å²) in [5, 5.41) is 4.53. The normalized spacial score (nSPS) is 15.6. The van der Waals surface area contributed by atoms with Crippen molar-refractivity contribution in [2.75, 3.05) is 7.05 Å². The maximum Gasteiger partial charge on any atom is 0.261 e. The van der Waals surface area contributed by atoms with Crippen molar-refractivity contribution in [2.24, 2.45) is 0 Å². The first kappa shape index (κ1) is 24.5. The third kappa shape index (κ3) is 2.90. The minimum Gasteiger partial charge on any atom is -0.288 e. The first-order valence-corrected chi connectivity index (χ1v) is 13.8. The van der Waals surface area contributed by atoms with Gasteiger partial charge in [-0.2, -0.15) is 0 Å². The first-order chi connectivity index (χ1) is 22.1. The van der Waals surface area contributed by atoms with Crippen LogP contribution in [0.25, 0.3) is 66.2 Å². The Morgan fingerprint density at radius 1 is 0.391 bits per heavy atom. The molecule has 6 amide bonds. The number of fused-ring (bicyclic) bond motifs is 12. The molecule has 0 saturated carbocycles. The van der Waals surface area contributed by atoms with E-state index in [1.165, 1.54) is 43.4 Å². The molecule has 0 atom stereocenters. The van der Waals surface area contributed by atoms with Crippen LogP contribution in [-0.2, 0) is 0 Å². The number of benzene rings is 4. The van der Waals surface area contributed by atoms with Gasteiger partial charge < -0.3 is 0 Å². The molecule has 7 aromatic rings. The molecule has 4 aromatic carbocycles. The van der Waals surface area contributed by atoms with Gasteiger partial charge in [-0.3, -0.25) is 44.3 Å². The first-order valence-electron chi connectivity index (χ1n) is 13.8. The topological polar surface area (TPSA) is 207 Å². The van der Waals surface area contributed by atoms with Crippen molar-refractivity contribution in [3.8, 4) is 0 Å². The van der Waals surface area contributed by atoms with Crippen molar-refractivity contribution in [2.45, 2.75) is 0 Å². The van der Waals surface area contributed by atoms with Crippen molar-refractivity contribution < 1.29 is 28.8 Å². The standard InChI is InChI=1S/C31H11N9O6/c1-40-30(45)12-6-18-19(7-13(12)31(40)46)37-25-23-21(33-15-3-9-11(5-17(15)35-23)29(44)39-27(9)42)20-22(24(25)36-18)34-16-4-10-8(2-14(16)32-20)26(41)38-28(10)43/h2-7H,1H3,(H,38,41,43)(H,39,42,44). The fraction of sp³-hybridized carbons (Fsp3) is 0.0323. The fourth-order valence-electron chi connectivity index (χ4n) is 6.33. The largest absolute Gasteiger partial charge is 0.288 e. The Morgan fingerprint density at radius 3 is 0.848 bits per heavy atom. The number of nitrogens with one attached hydrogen (secondary N) is 2. The molecule has 0 unspecified atom stereocenters. The summed E-state index contributed by atoms with van der Waals surface area (Å²) < 4.78 is 0. The van der Waals surface area contributed by atoms with Gasteiger partial charge in [-0.1, -0.05) is 0 Å². The fourth-order valence-corrected chi connectivity index (χ4v) is 6.33. The van der Waals surface area contributed by atoms with Crippen LogP contribution >= 0.6 is 0 Å². The van der Waals surface area contributed by atoms with Crippen LogP contribution in [0.1, 0.15) is 62.1 Å². The molecule has 0 aliphatic carbocycles. The van der Waals surface area contributed by atoms with Gasteiger partial charge in [0.15, 0.2) is 0 Å². The Hall–Kier alpha value is -6.90. The molecule has 46 heavy (non-hydrogen) atoms. The molecule has 0 bridgehead atoms. The molecule has 15 nitrogen and oxygen atoms in total. The SMILES string of the molecule is CN1C(=O)c2cc3nc4c5nc6cc7c(cc6nc5c5nc6cc8c(cc6nc5c4nc3cc2C1=O)C(=O)NC8=O)C(=O)NC7=O. The summed E-state index contributed by atoms with van der Waals surface area (Å²) in [5.41, 5.74) is 4.31. The van der Waals surface area contributed by atoms with E-state index >= 15 is 0 Å². The number of imide groups is 3. The Labute approximate surface area is 252 Å². The van der Waals surface area contributed by atoms with Crippen LogP contribution in [0.15, 0.2) is 36.4 Å². The number of nitrogens with zero attached hydrogens (tertiary/aromatic N) is 7. The van der Waals surface area contributed by atoms with Crippen LogP contribution in [0.2, 0.25) is 0 Å². The highest BCUT2D eigenvalue weighted by atomic mass is 16.2. The second-order valence-electron chi connectivity index (χ2n) is 11.2. The Kier molecular flexibility index (Phi) is 4.15. The van der Waals surface area contributed by atoms with Crippen molar-refractivity contribution in [3.63, 3.8) is 0 Å².